The van der Waals surface area contributed by atoms with Crippen molar-refractivity contribution in [3.8, 4) is 22.3 Å². The van der Waals surface area contributed by atoms with Crippen LogP contribution in [0.3, 0.4) is 0 Å². The van der Waals surface area contributed by atoms with Crippen molar-refractivity contribution in [3.05, 3.63) is 202 Å². The van der Waals surface area contributed by atoms with E-state index in [1.165, 1.54) is 93.5 Å². The molecule has 0 heterocycles. The van der Waals surface area contributed by atoms with Gasteiger partial charge in [0, 0.05) is 0 Å². The Morgan fingerprint density at radius 3 is 1.10 bits per heavy atom. The maximum absolute atomic E-state index is 5.99. The summed E-state index contributed by atoms with van der Waals surface area (Å²) in [5, 5.41) is 5.36. The molecule has 8 aromatic rings. The van der Waals surface area contributed by atoms with Gasteiger partial charge >= 0.3 is 167 Å². The molecule has 0 radical (unpaired) electrons. The minimum absolute atomic E-state index is 0.0554. The molecular weight excluding hydrogens is 894 g/mol. The summed E-state index contributed by atoms with van der Waals surface area (Å²) in [5.74, 6) is 1.93. The summed E-state index contributed by atoms with van der Waals surface area (Å²) in [6.07, 6.45) is 0. The van der Waals surface area contributed by atoms with Crippen LogP contribution < -0.4 is 0 Å². The molecule has 0 aliphatic heterocycles. The Labute approximate surface area is 392 Å². The van der Waals surface area contributed by atoms with Gasteiger partial charge in [0.25, 0.3) is 0 Å². The third-order valence-electron chi connectivity index (χ3n) is 10.6. The van der Waals surface area contributed by atoms with Crippen molar-refractivity contribution in [2.75, 3.05) is 0 Å². The van der Waals surface area contributed by atoms with Gasteiger partial charge in [0.2, 0.25) is 0 Å². The van der Waals surface area contributed by atoms with E-state index in [0.29, 0.717) is 23.5 Å². The van der Waals surface area contributed by atoms with Crippen LogP contribution in [0.4, 0.5) is 0 Å². The molecule has 8 aromatic carbocycles. The molecule has 0 nitrogen and oxygen atoms in total. The number of fused-ring (bicyclic) bond motifs is 3. The van der Waals surface area contributed by atoms with Gasteiger partial charge in [-0.2, -0.15) is 18.2 Å². The molecule has 0 amide bonds. The molecule has 8 rings (SSSR count). The molecule has 0 bridgehead atoms. The molecule has 0 unspecified atom stereocenters. The summed E-state index contributed by atoms with van der Waals surface area (Å²) >= 11 is 25.3. The van der Waals surface area contributed by atoms with Gasteiger partial charge in [0.1, 0.15) is 0 Å². The number of hydrogen-bond donors (Lipinski definition) is 0. The van der Waals surface area contributed by atoms with Crippen molar-refractivity contribution in [1.29, 1.82) is 0 Å². The largest absolute Gasteiger partial charge is 0.214 e. The van der Waals surface area contributed by atoms with E-state index in [4.69, 9.17) is 46.4 Å². The van der Waals surface area contributed by atoms with Crippen molar-refractivity contribution >= 4 is 71.2 Å². The standard InChI is InChI=1S/C33H33.C17H14Cl4.C5H5.Zr/c1-32(2,3)30-20-26-24(18-28(30)22-13-9-7-10-14-22)17-25-19-29(23-15-11-8-12-16-23)31(21-27(25)26)33(4,5)6;18-8-14-2-12(3-15(6-14)9-19)1-13-4-16(10-20)7-17(5-13)11-21;1-2-4-5-3-1;/h7-21H,1-6H3;2-7H,8-11H2;1-5H;/q-1;;-1;+2. The molecule has 0 atom stereocenters. The summed E-state index contributed by atoms with van der Waals surface area (Å²) in [5.41, 5.74) is 14.8. The summed E-state index contributed by atoms with van der Waals surface area (Å²) in [7, 11) is 0. The van der Waals surface area contributed by atoms with Gasteiger partial charge in [0.15, 0.2) is 0 Å². The van der Waals surface area contributed by atoms with E-state index in [0.717, 1.165) is 22.3 Å². The summed E-state index contributed by atoms with van der Waals surface area (Å²) < 4.78 is 1.25. The molecule has 60 heavy (non-hydrogen) atoms. The van der Waals surface area contributed by atoms with Crippen molar-refractivity contribution in [1.82, 2.24) is 0 Å². The molecule has 0 aliphatic carbocycles. The molecule has 0 fully saturated rings. The predicted molar refractivity (Wildman–Crippen MR) is 262 cm³/mol. The monoisotopic (exact) mass is 942 g/mol. The zero-order valence-electron chi connectivity index (χ0n) is 35.4. The van der Waals surface area contributed by atoms with Gasteiger partial charge in [0.05, 0.1) is 0 Å². The van der Waals surface area contributed by atoms with E-state index in [1.807, 2.05) is 42.5 Å². The molecular formula is C55H52Cl4Zr. The first-order chi connectivity index (χ1) is 28.7. The van der Waals surface area contributed by atoms with Crippen LogP contribution in [-0.4, -0.2) is 3.21 Å². The van der Waals surface area contributed by atoms with E-state index in [-0.39, 0.29) is 10.8 Å². The Kier molecular flexibility index (Phi) is 15.7. The second-order valence-electron chi connectivity index (χ2n) is 17.3. The Hall–Kier alpha value is -3.55. The van der Waals surface area contributed by atoms with E-state index in [1.54, 1.807) is 0 Å². The average Bonchev–Trinajstić information content (AvgIpc) is 3.97. The van der Waals surface area contributed by atoms with Gasteiger partial charge in [-0.05, 0) is 44.2 Å². The molecule has 5 heteroatoms. The van der Waals surface area contributed by atoms with Crippen molar-refractivity contribution in [2.24, 2.45) is 0 Å². The fourth-order valence-electron chi connectivity index (χ4n) is 7.67. The maximum Gasteiger partial charge on any atom is -0.172 e. The SMILES string of the molecule is CC(C)(C)c1cc2c(cc1-c1ccccc1)[cH-]c1cc(-c3ccccc3)c(C(C)(C)C)cc12.ClCc1cc(CCl)cc([C](=[Zr+2])c2cc(CCl)cc(CCl)c2)c1.c1cc[cH-]c1. The average molecular weight is 946 g/mol. The molecule has 0 spiro atoms. The van der Waals surface area contributed by atoms with Crippen LogP contribution in [-0.2, 0) is 58.6 Å². The number of hydrogen-bond acceptors (Lipinski definition) is 0. The third kappa shape index (κ3) is 11.3. The van der Waals surface area contributed by atoms with Crippen molar-refractivity contribution in [2.45, 2.75) is 75.9 Å². The Morgan fingerprint density at radius 1 is 0.467 bits per heavy atom. The molecule has 0 aliphatic rings. The fraction of sp³-hybridized carbons (Fsp3) is 0.218. The Morgan fingerprint density at radius 2 is 0.817 bits per heavy atom. The first-order valence-electron chi connectivity index (χ1n) is 20.3. The first kappa shape index (κ1) is 46.0. The van der Waals surface area contributed by atoms with E-state index < -0.39 is 0 Å². The van der Waals surface area contributed by atoms with Crippen molar-refractivity contribution < 1.29 is 24.2 Å². The van der Waals surface area contributed by atoms with E-state index in [2.05, 4.69) is 157 Å². The second-order valence-corrected chi connectivity index (χ2v) is 19.6. The zero-order chi connectivity index (χ0) is 43.0. The van der Waals surface area contributed by atoms with Crippen LogP contribution in [0.25, 0.3) is 43.8 Å². The van der Waals surface area contributed by atoms with Gasteiger partial charge < -0.3 is 0 Å². The van der Waals surface area contributed by atoms with Gasteiger partial charge in [-0.1, -0.05) is 114 Å². The first-order valence-corrected chi connectivity index (χ1v) is 23.7. The zero-order valence-corrected chi connectivity index (χ0v) is 40.8. The van der Waals surface area contributed by atoms with Crippen LogP contribution >= 0.6 is 46.4 Å². The molecule has 0 aromatic heterocycles. The maximum atomic E-state index is 5.99. The number of rotatable bonds is 8. The molecule has 0 N–H and O–H groups in total. The number of benzene rings is 6. The summed E-state index contributed by atoms with van der Waals surface area (Å²) in [6.45, 7) is 13.9. The normalized spacial score (nSPS) is 11.5. The second kappa shape index (κ2) is 20.5. The predicted octanol–water partition coefficient (Wildman–Crippen LogP) is 16.8. The van der Waals surface area contributed by atoms with Crippen LogP contribution in [0.5, 0.6) is 0 Å². The van der Waals surface area contributed by atoms with Crippen LogP contribution in [0.1, 0.15) is 86.1 Å². The van der Waals surface area contributed by atoms with Crippen LogP contribution in [0, 0.1) is 0 Å². The third-order valence-corrected chi connectivity index (χ3v) is 13.3. The number of alkyl halides is 4. The molecule has 304 valence electrons. The van der Waals surface area contributed by atoms with Gasteiger partial charge in [-0.3, -0.25) is 0 Å². The molecule has 0 saturated heterocycles. The van der Waals surface area contributed by atoms with Crippen molar-refractivity contribution in [3.63, 3.8) is 0 Å². The van der Waals surface area contributed by atoms with Crippen LogP contribution in [0.15, 0.2) is 158 Å². The van der Waals surface area contributed by atoms with E-state index in [9.17, 15) is 0 Å². The Bertz CT molecular complexity index is 2430. The van der Waals surface area contributed by atoms with Crippen LogP contribution in [0.2, 0.25) is 0 Å². The topological polar surface area (TPSA) is 0 Å². The van der Waals surface area contributed by atoms with Gasteiger partial charge in [-0.15, -0.1) is 39.7 Å². The Balaban J connectivity index is 0.000000192. The number of halogens is 4. The molecule has 0 saturated carbocycles. The summed E-state index contributed by atoms with van der Waals surface area (Å²) in [6, 6.07) is 56.3. The minimum Gasteiger partial charge on any atom is -0.214 e. The quantitative estimate of drug-likeness (QED) is 0.105. The summed E-state index contributed by atoms with van der Waals surface area (Å²) in [4.78, 5) is 0. The fourth-order valence-corrected chi connectivity index (χ4v) is 9.00. The minimum atomic E-state index is 0.0554. The smallest absolute Gasteiger partial charge is 0.172 e. The van der Waals surface area contributed by atoms with E-state index >= 15 is 0 Å². The van der Waals surface area contributed by atoms with Gasteiger partial charge in [-0.25, -0.2) is 12.1 Å².